The third-order valence-corrected chi connectivity index (χ3v) is 4.53. The summed E-state index contributed by atoms with van der Waals surface area (Å²) in [5.74, 6) is 1.74. The largest absolute Gasteiger partial charge is 0.353 e. The second-order valence-corrected chi connectivity index (χ2v) is 5.82. The highest BCUT2D eigenvalue weighted by atomic mass is 16.2. The number of likely N-dealkylation sites (tertiary alicyclic amines) is 1. The van der Waals surface area contributed by atoms with E-state index >= 15 is 0 Å². The molecule has 3 atom stereocenters. The van der Waals surface area contributed by atoms with Gasteiger partial charge in [-0.1, -0.05) is 0 Å². The van der Waals surface area contributed by atoms with Gasteiger partial charge in [-0.05, 0) is 24.7 Å². The normalized spacial score (nSPS) is 34.8. The highest BCUT2D eigenvalue weighted by Gasteiger charge is 2.37. The Kier molecular flexibility index (Phi) is 3.24. The lowest BCUT2D eigenvalue weighted by Crippen LogP contribution is -2.33. The maximum atomic E-state index is 12.1. The number of hydrogen-bond donors (Lipinski definition) is 2. The van der Waals surface area contributed by atoms with E-state index in [9.17, 15) is 9.59 Å². The lowest BCUT2D eigenvalue weighted by atomic mass is 10.0. The molecule has 0 saturated carbocycles. The average Bonchev–Trinajstić information content (AvgIpc) is 3.00. The van der Waals surface area contributed by atoms with Crippen molar-refractivity contribution in [3.63, 3.8) is 0 Å². The number of carbonyl (C=O) groups excluding carboxylic acids is 2. The molecule has 100 valence electrons. The molecule has 0 aromatic rings. The van der Waals surface area contributed by atoms with Gasteiger partial charge in [0, 0.05) is 45.1 Å². The summed E-state index contributed by atoms with van der Waals surface area (Å²) >= 11 is 0. The van der Waals surface area contributed by atoms with Crippen molar-refractivity contribution < 1.29 is 9.59 Å². The minimum Gasteiger partial charge on any atom is -0.353 e. The monoisotopic (exact) mass is 251 g/mol. The van der Waals surface area contributed by atoms with Gasteiger partial charge in [0.1, 0.15) is 0 Å². The van der Waals surface area contributed by atoms with Crippen molar-refractivity contribution in [1.29, 1.82) is 0 Å². The highest BCUT2D eigenvalue weighted by molar-refractivity contribution is 5.79. The lowest BCUT2D eigenvalue weighted by Gasteiger charge is -2.18. The summed E-state index contributed by atoms with van der Waals surface area (Å²) in [4.78, 5) is 25.2. The first-order chi connectivity index (χ1) is 8.72. The number of nitrogens with one attached hydrogen (secondary N) is 2. The summed E-state index contributed by atoms with van der Waals surface area (Å²) in [5.41, 5.74) is 0. The van der Waals surface area contributed by atoms with Gasteiger partial charge in [-0.3, -0.25) is 9.59 Å². The summed E-state index contributed by atoms with van der Waals surface area (Å²) in [6.45, 7) is 3.97. The Hall–Kier alpha value is -1.10. The molecule has 0 radical (unpaired) electrons. The molecular formula is C13H21N3O2. The van der Waals surface area contributed by atoms with Crippen molar-refractivity contribution in [3.05, 3.63) is 0 Å². The van der Waals surface area contributed by atoms with Crippen molar-refractivity contribution in [2.45, 2.75) is 31.7 Å². The van der Waals surface area contributed by atoms with E-state index in [1.54, 1.807) is 0 Å². The molecular weight excluding hydrogens is 230 g/mol. The van der Waals surface area contributed by atoms with E-state index < -0.39 is 0 Å². The molecule has 2 N–H and O–H groups in total. The Labute approximate surface area is 107 Å². The van der Waals surface area contributed by atoms with Crippen molar-refractivity contribution in [3.8, 4) is 0 Å². The van der Waals surface area contributed by atoms with Crippen LogP contribution in [0, 0.1) is 11.8 Å². The van der Waals surface area contributed by atoms with Crippen LogP contribution in [-0.2, 0) is 9.59 Å². The molecule has 0 aromatic carbocycles. The van der Waals surface area contributed by atoms with E-state index in [0.717, 1.165) is 39.0 Å². The molecule has 2 amide bonds. The van der Waals surface area contributed by atoms with Gasteiger partial charge in [0.05, 0.1) is 0 Å². The van der Waals surface area contributed by atoms with Crippen LogP contribution in [0.25, 0.3) is 0 Å². The zero-order valence-electron chi connectivity index (χ0n) is 10.7. The van der Waals surface area contributed by atoms with Crippen LogP contribution in [0.5, 0.6) is 0 Å². The summed E-state index contributed by atoms with van der Waals surface area (Å²) in [6, 6.07) is 0.227. The molecule has 0 aliphatic carbocycles. The molecule has 3 fully saturated rings. The molecule has 3 heterocycles. The summed E-state index contributed by atoms with van der Waals surface area (Å²) in [7, 11) is 0. The minimum absolute atomic E-state index is 0.134. The van der Waals surface area contributed by atoms with E-state index in [1.807, 2.05) is 4.90 Å². The zero-order chi connectivity index (χ0) is 12.5. The Morgan fingerprint density at radius 2 is 2.00 bits per heavy atom. The Bertz CT molecular complexity index is 346. The van der Waals surface area contributed by atoms with E-state index in [2.05, 4.69) is 10.6 Å². The quantitative estimate of drug-likeness (QED) is 0.725. The van der Waals surface area contributed by atoms with Crippen LogP contribution in [0.1, 0.15) is 25.7 Å². The van der Waals surface area contributed by atoms with Gasteiger partial charge in [-0.15, -0.1) is 0 Å². The maximum absolute atomic E-state index is 12.1. The molecule has 3 saturated heterocycles. The summed E-state index contributed by atoms with van der Waals surface area (Å²) in [5, 5.41) is 6.30. The highest BCUT2D eigenvalue weighted by Crippen LogP contribution is 2.27. The van der Waals surface area contributed by atoms with E-state index in [-0.39, 0.29) is 17.9 Å². The first-order valence-corrected chi connectivity index (χ1v) is 7.00. The van der Waals surface area contributed by atoms with Crippen LogP contribution >= 0.6 is 0 Å². The van der Waals surface area contributed by atoms with E-state index in [1.165, 1.54) is 0 Å². The molecule has 0 spiro atoms. The SMILES string of the molecule is O=C1CCC(CCC(=O)N2C[C@@H]3CNC[C@H]3C2)N1. The molecule has 0 aromatic heterocycles. The topological polar surface area (TPSA) is 61.4 Å². The van der Waals surface area contributed by atoms with Gasteiger partial charge in [-0.25, -0.2) is 0 Å². The fourth-order valence-corrected chi connectivity index (χ4v) is 3.41. The van der Waals surface area contributed by atoms with Gasteiger partial charge < -0.3 is 15.5 Å². The molecule has 1 unspecified atom stereocenters. The smallest absolute Gasteiger partial charge is 0.222 e. The molecule has 3 aliphatic rings. The van der Waals surface area contributed by atoms with Gasteiger partial charge in [-0.2, -0.15) is 0 Å². The molecule has 5 heteroatoms. The lowest BCUT2D eigenvalue weighted by molar-refractivity contribution is -0.130. The number of hydrogen-bond acceptors (Lipinski definition) is 3. The Morgan fingerprint density at radius 1 is 1.28 bits per heavy atom. The fourth-order valence-electron chi connectivity index (χ4n) is 3.41. The number of carbonyl (C=O) groups is 2. The molecule has 18 heavy (non-hydrogen) atoms. The third-order valence-electron chi connectivity index (χ3n) is 4.53. The van der Waals surface area contributed by atoms with Crippen molar-refractivity contribution in [2.24, 2.45) is 11.8 Å². The number of rotatable bonds is 3. The fraction of sp³-hybridized carbons (Fsp3) is 0.846. The van der Waals surface area contributed by atoms with Gasteiger partial charge in [0.2, 0.25) is 11.8 Å². The predicted octanol–water partition coefficient (Wildman–Crippen LogP) is -0.277. The van der Waals surface area contributed by atoms with Crippen LogP contribution in [0.3, 0.4) is 0 Å². The standard InChI is InChI=1S/C13H21N3O2/c17-12-3-1-11(15-12)2-4-13(18)16-7-9-5-14-6-10(9)8-16/h9-11,14H,1-8H2,(H,15,17)/t9-,10-,11?/m0/s1. The summed E-state index contributed by atoms with van der Waals surface area (Å²) in [6.07, 6.45) is 2.89. The first-order valence-electron chi connectivity index (χ1n) is 7.00. The number of fused-ring (bicyclic) bond motifs is 1. The molecule has 0 bridgehead atoms. The van der Waals surface area contributed by atoms with Gasteiger partial charge in [0.25, 0.3) is 0 Å². The Morgan fingerprint density at radius 3 is 2.61 bits per heavy atom. The predicted molar refractivity (Wildman–Crippen MR) is 66.8 cm³/mol. The van der Waals surface area contributed by atoms with Crippen molar-refractivity contribution in [2.75, 3.05) is 26.2 Å². The van der Waals surface area contributed by atoms with Gasteiger partial charge >= 0.3 is 0 Å². The van der Waals surface area contributed by atoms with Crippen molar-refractivity contribution in [1.82, 2.24) is 15.5 Å². The van der Waals surface area contributed by atoms with Crippen LogP contribution < -0.4 is 10.6 Å². The molecule has 3 aliphatic heterocycles. The zero-order valence-corrected chi connectivity index (χ0v) is 10.7. The van der Waals surface area contributed by atoms with Crippen molar-refractivity contribution >= 4 is 11.8 Å². The Balaban J connectivity index is 1.43. The van der Waals surface area contributed by atoms with E-state index in [0.29, 0.717) is 24.7 Å². The van der Waals surface area contributed by atoms with Crippen LogP contribution in [0.2, 0.25) is 0 Å². The van der Waals surface area contributed by atoms with Crippen LogP contribution in [0.4, 0.5) is 0 Å². The number of nitrogens with zero attached hydrogens (tertiary/aromatic N) is 1. The molecule has 5 nitrogen and oxygen atoms in total. The van der Waals surface area contributed by atoms with Crippen LogP contribution in [-0.4, -0.2) is 48.9 Å². The minimum atomic E-state index is 0.134. The second kappa shape index (κ2) is 4.88. The van der Waals surface area contributed by atoms with Gasteiger partial charge in [0.15, 0.2) is 0 Å². The third kappa shape index (κ3) is 2.36. The van der Waals surface area contributed by atoms with E-state index in [4.69, 9.17) is 0 Å². The first kappa shape index (κ1) is 12.0. The molecule has 3 rings (SSSR count). The summed E-state index contributed by atoms with van der Waals surface area (Å²) < 4.78 is 0. The average molecular weight is 251 g/mol. The number of amides is 2. The van der Waals surface area contributed by atoms with Crippen LogP contribution in [0.15, 0.2) is 0 Å². The second-order valence-electron chi connectivity index (χ2n) is 5.82. The maximum Gasteiger partial charge on any atom is 0.222 e.